The van der Waals surface area contributed by atoms with Crippen molar-refractivity contribution >= 4 is 26.7 Å². The third-order valence-electron chi connectivity index (χ3n) is 0. The summed E-state index contributed by atoms with van der Waals surface area (Å²) in [5, 5.41) is 6.89. The monoisotopic (exact) mass is 180 g/mol. The van der Waals surface area contributed by atoms with Crippen molar-refractivity contribution in [2.24, 2.45) is 0 Å². The molecule has 0 bridgehead atoms. The number of carbonyl (C=O) groups is 1. The summed E-state index contributed by atoms with van der Waals surface area (Å²) in [6, 6.07) is 0. The minimum absolute atomic E-state index is 0. The first kappa shape index (κ1) is 15.9. The minimum Gasteiger partial charge on any atom is -0.483 e. The molecule has 0 aliphatic rings. The summed E-state index contributed by atoms with van der Waals surface area (Å²) in [6.45, 7) is -0.250. The van der Waals surface area contributed by atoms with Crippen LogP contribution in [0.4, 0.5) is 0 Å². The normalized spacial score (nSPS) is 7.89. The van der Waals surface area contributed by atoms with Crippen molar-refractivity contribution in [3.05, 3.63) is 0 Å². The minimum atomic E-state index is -4.64. The van der Waals surface area contributed by atoms with E-state index in [1.165, 1.54) is 0 Å². The lowest BCUT2D eigenvalue weighted by atomic mass is 11.7. The van der Waals surface area contributed by atoms with Crippen LogP contribution in [-0.2, 0) is 9.36 Å². The number of carboxylic acid groups (broad SMARTS) is 1. The summed E-state index contributed by atoms with van der Waals surface area (Å²) < 4.78 is 8.88. The highest BCUT2D eigenvalue weighted by atomic mass is 35.5. The van der Waals surface area contributed by atoms with Crippen molar-refractivity contribution in [1.29, 1.82) is 0 Å². The first-order chi connectivity index (χ1) is 3.41. The van der Waals surface area contributed by atoms with E-state index in [1.54, 1.807) is 0 Å². The Bertz CT molecular complexity index is 87.0. The fraction of sp³-hybridized carbons (Fsp3) is 0. The van der Waals surface area contributed by atoms with Crippen LogP contribution in [0.2, 0.25) is 0 Å². The first-order valence-corrected chi connectivity index (χ1v) is 2.84. The van der Waals surface area contributed by atoms with E-state index in [0.29, 0.717) is 0 Å². The molecule has 0 aliphatic carbocycles. The lowest BCUT2D eigenvalue weighted by molar-refractivity contribution is -0.122. The van der Waals surface area contributed by atoms with Crippen LogP contribution in [-0.4, -0.2) is 26.3 Å². The second-order valence-corrected chi connectivity index (χ2v) is 1.65. The van der Waals surface area contributed by atoms with Crippen LogP contribution in [0.25, 0.3) is 0 Å². The highest BCUT2D eigenvalue weighted by Gasteiger charge is 2.00. The van der Waals surface area contributed by atoms with Gasteiger partial charge in [-0.25, -0.2) is 4.57 Å². The van der Waals surface area contributed by atoms with Crippen LogP contribution in [0.1, 0.15) is 0 Å². The van der Waals surface area contributed by atoms with Gasteiger partial charge in [-0.3, -0.25) is 4.79 Å². The van der Waals surface area contributed by atoms with E-state index in [2.05, 4.69) is 0 Å². The van der Waals surface area contributed by atoms with Gasteiger partial charge in [0.05, 0.1) is 0 Å². The number of hydrogen-bond donors (Lipinski definition) is 4. The van der Waals surface area contributed by atoms with Gasteiger partial charge in [-0.15, -0.1) is 12.4 Å². The molecule has 0 aromatic carbocycles. The van der Waals surface area contributed by atoms with Gasteiger partial charge in [-0.05, 0) is 0 Å². The van der Waals surface area contributed by atoms with Gasteiger partial charge in [0, 0.05) is 0 Å². The molecule has 0 amide bonds. The molecular formula is CH6ClO6P. The highest BCUT2D eigenvalue weighted by molar-refractivity contribution is 7.45. The molecule has 6 nitrogen and oxygen atoms in total. The predicted octanol–water partition coefficient (Wildman–Crippen LogP) is -0.806. The summed E-state index contributed by atoms with van der Waals surface area (Å²) in [6.07, 6.45) is 0. The lowest BCUT2D eigenvalue weighted by Gasteiger charge is -1.82. The molecule has 0 heterocycles. The molecule has 0 unspecified atom stereocenters. The highest BCUT2D eigenvalue weighted by Crippen LogP contribution is 2.25. The van der Waals surface area contributed by atoms with Crippen LogP contribution in [0.15, 0.2) is 0 Å². The topological polar surface area (TPSA) is 115 Å². The number of phosphoric acid groups is 1. The molecule has 0 aromatic rings. The van der Waals surface area contributed by atoms with Gasteiger partial charge >= 0.3 is 7.82 Å². The maximum absolute atomic E-state index is 8.88. The largest absolute Gasteiger partial charge is 0.483 e. The molecule has 0 aromatic heterocycles. The Kier molecular flexibility index (Phi) is 13.9. The molecule has 58 valence electrons. The Morgan fingerprint density at radius 1 is 1.22 bits per heavy atom. The zero-order chi connectivity index (χ0) is 7.21. The Balaban J connectivity index is -0.0000000800. The van der Waals surface area contributed by atoms with E-state index in [1.807, 2.05) is 0 Å². The molecule has 0 saturated carbocycles. The molecule has 0 aliphatic heterocycles. The molecular weight excluding hydrogens is 174 g/mol. The molecule has 0 saturated heterocycles. The van der Waals surface area contributed by atoms with E-state index in [4.69, 9.17) is 29.1 Å². The van der Waals surface area contributed by atoms with E-state index >= 15 is 0 Å². The fourth-order valence-corrected chi connectivity index (χ4v) is 0. The van der Waals surface area contributed by atoms with Gasteiger partial charge in [-0.2, -0.15) is 0 Å². The molecule has 4 N–H and O–H groups in total. The Labute approximate surface area is 56.8 Å². The van der Waals surface area contributed by atoms with Gasteiger partial charge in [0.2, 0.25) is 0 Å². The smallest absolute Gasteiger partial charge is 0.466 e. The fourth-order valence-electron chi connectivity index (χ4n) is 0. The Hall–Kier alpha value is -0.130. The van der Waals surface area contributed by atoms with Gasteiger partial charge in [0.15, 0.2) is 0 Å². The standard InChI is InChI=1S/CH2O2.ClH.H3O4P/c2-1-3;;1-5(2,3)4/h1H,(H,2,3);1H;(H3,1,2,3,4). The summed E-state index contributed by atoms with van der Waals surface area (Å²) in [7, 11) is -4.64. The zero-order valence-corrected chi connectivity index (χ0v) is 5.75. The van der Waals surface area contributed by atoms with Gasteiger partial charge < -0.3 is 19.8 Å². The van der Waals surface area contributed by atoms with Crippen molar-refractivity contribution < 1.29 is 29.1 Å². The van der Waals surface area contributed by atoms with Crippen LogP contribution >= 0.6 is 20.2 Å². The average Bonchev–Trinajstić information content (AvgIpc) is 1.27. The van der Waals surface area contributed by atoms with E-state index in [9.17, 15) is 0 Å². The third kappa shape index (κ3) is 16000. The summed E-state index contributed by atoms with van der Waals surface area (Å²) >= 11 is 0. The van der Waals surface area contributed by atoms with Gasteiger partial charge in [0.25, 0.3) is 6.47 Å². The second kappa shape index (κ2) is 7.87. The van der Waals surface area contributed by atoms with Crippen LogP contribution in [0.3, 0.4) is 0 Å². The molecule has 8 heteroatoms. The van der Waals surface area contributed by atoms with Crippen molar-refractivity contribution in [2.75, 3.05) is 0 Å². The SMILES string of the molecule is Cl.O=CO.O=P(O)(O)O. The maximum atomic E-state index is 8.88. The van der Waals surface area contributed by atoms with Crippen LogP contribution < -0.4 is 0 Å². The van der Waals surface area contributed by atoms with E-state index in [0.717, 1.165) is 0 Å². The molecule has 9 heavy (non-hydrogen) atoms. The maximum Gasteiger partial charge on any atom is 0.466 e. The molecule has 0 fully saturated rings. The quantitative estimate of drug-likeness (QED) is 0.286. The van der Waals surface area contributed by atoms with Crippen molar-refractivity contribution in [2.45, 2.75) is 0 Å². The summed E-state index contributed by atoms with van der Waals surface area (Å²) in [4.78, 5) is 29.9. The lowest BCUT2D eigenvalue weighted by Crippen LogP contribution is -1.66. The van der Waals surface area contributed by atoms with E-state index in [-0.39, 0.29) is 18.9 Å². The zero-order valence-electron chi connectivity index (χ0n) is 4.04. The molecule has 0 spiro atoms. The second-order valence-electron chi connectivity index (χ2n) is 0.619. The van der Waals surface area contributed by atoms with Crippen molar-refractivity contribution in [3.63, 3.8) is 0 Å². The number of rotatable bonds is 0. The average molecular weight is 180 g/mol. The Morgan fingerprint density at radius 2 is 1.22 bits per heavy atom. The van der Waals surface area contributed by atoms with Crippen molar-refractivity contribution in [3.8, 4) is 0 Å². The van der Waals surface area contributed by atoms with Gasteiger partial charge in [-0.1, -0.05) is 0 Å². The molecule has 0 atom stereocenters. The summed E-state index contributed by atoms with van der Waals surface area (Å²) in [5.41, 5.74) is 0. The summed E-state index contributed by atoms with van der Waals surface area (Å²) in [5.74, 6) is 0. The molecule has 0 rings (SSSR count). The van der Waals surface area contributed by atoms with Crippen LogP contribution in [0, 0.1) is 0 Å². The Morgan fingerprint density at radius 3 is 1.22 bits per heavy atom. The van der Waals surface area contributed by atoms with E-state index < -0.39 is 7.82 Å². The molecule has 0 radical (unpaired) electrons. The number of hydrogen-bond acceptors (Lipinski definition) is 2. The van der Waals surface area contributed by atoms with Gasteiger partial charge in [0.1, 0.15) is 0 Å². The number of halogens is 1. The first-order valence-electron chi connectivity index (χ1n) is 1.28. The third-order valence-corrected chi connectivity index (χ3v) is 0. The predicted molar refractivity (Wildman–Crippen MR) is 30.2 cm³/mol. The van der Waals surface area contributed by atoms with Crippen LogP contribution in [0.5, 0.6) is 0 Å². The van der Waals surface area contributed by atoms with Crippen molar-refractivity contribution in [1.82, 2.24) is 0 Å².